The van der Waals surface area contributed by atoms with E-state index >= 15 is 0 Å². The molecule has 0 radical (unpaired) electrons. The van der Waals surface area contributed by atoms with E-state index in [1.54, 1.807) is 0 Å². The fourth-order valence-corrected chi connectivity index (χ4v) is 3.20. The van der Waals surface area contributed by atoms with Crippen molar-refractivity contribution in [2.24, 2.45) is 0 Å². The first-order chi connectivity index (χ1) is 7.45. The lowest BCUT2D eigenvalue weighted by Gasteiger charge is -2.26. The molecule has 0 aliphatic heterocycles. The van der Waals surface area contributed by atoms with E-state index in [4.69, 9.17) is 0 Å². The Kier molecular flexibility index (Phi) is 5.52. The highest BCUT2D eigenvalue weighted by atomic mass is 79.9. The molecule has 0 bridgehead atoms. The van der Waals surface area contributed by atoms with E-state index in [1.165, 1.54) is 31.2 Å². The van der Waals surface area contributed by atoms with Crippen LogP contribution >= 0.6 is 31.9 Å². The van der Waals surface area contributed by atoms with Gasteiger partial charge < -0.3 is 0 Å². The molecule has 0 heterocycles. The van der Waals surface area contributed by atoms with Gasteiger partial charge in [0, 0.05) is 8.95 Å². The smallest absolute Gasteiger partial charge is 0.0189 e. The monoisotopic (exact) mass is 346 g/mol. The molecular weight excluding hydrogens is 328 g/mol. The van der Waals surface area contributed by atoms with Crippen molar-refractivity contribution < 1.29 is 0 Å². The van der Waals surface area contributed by atoms with Crippen LogP contribution in [0.25, 0.3) is 0 Å². The Hall–Kier alpha value is 0.180. The molecule has 1 aromatic rings. The molecule has 0 saturated heterocycles. The average Bonchev–Trinajstić information content (AvgIpc) is 2.16. The van der Waals surface area contributed by atoms with E-state index in [2.05, 4.69) is 70.8 Å². The predicted molar refractivity (Wildman–Crippen MR) is 79.0 cm³/mol. The molecule has 0 atom stereocenters. The molecule has 0 saturated carbocycles. The summed E-state index contributed by atoms with van der Waals surface area (Å²) < 4.78 is 2.31. The maximum atomic E-state index is 3.56. The molecule has 1 aromatic carbocycles. The first-order valence-electron chi connectivity index (χ1n) is 5.92. The minimum absolute atomic E-state index is 0.265. The van der Waals surface area contributed by atoms with Crippen LogP contribution in [0.1, 0.15) is 52.0 Å². The van der Waals surface area contributed by atoms with Gasteiger partial charge in [-0.25, -0.2) is 0 Å². The number of benzene rings is 1. The van der Waals surface area contributed by atoms with Gasteiger partial charge in [-0.15, -0.1) is 0 Å². The molecule has 0 aliphatic carbocycles. The summed E-state index contributed by atoms with van der Waals surface area (Å²) in [5, 5.41) is 0. The van der Waals surface area contributed by atoms with Crippen molar-refractivity contribution in [3.8, 4) is 0 Å². The van der Waals surface area contributed by atoms with Gasteiger partial charge in [-0.3, -0.25) is 0 Å². The lowest BCUT2D eigenvalue weighted by Crippen LogP contribution is -2.17. The predicted octanol–water partition coefficient (Wildman–Crippen LogP) is 6.07. The number of unbranched alkanes of at least 4 members (excludes halogenated alkanes) is 2. The molecule has 16 heavy (non-hydrogen) atoms. The van der Waals surface area contributed by atoms with Gasteiger partial charge in [0.1, 0.15) is 0 Å². The van der Waals surface area contributed by atoms with Gasteiger partial charge >= 0.3 is 0 Å². The summed E-state index contributed by atoms with van der Waals surface area (Å²) >= 11 is 7.11. The number of rotatable bonds is 5. The van der Waals surface area contributed by atoms with E-state index in [0.717, 1.165) is 8.95 Å². The lowest BCUT2D eigenvalue weighted by atomic mass is 9.80. The first-order valence-corrected chi connectivity index (χ1v) is 7.51. The van der Waals surface area contributed by atoms with Crippen molar-refractivity contribution in [2.75, 3.05) is 0 Å². The SMILES string of the molecule is CCCCCC(C)(C)c1cc(Br)cc(Br)c1. The second-order valence-corrected chi connectivity index (χ2v) is 6.83. The summed E-state index contributed by atoms with van der Waals surface area (Å²) in [7, 11) is 0. The van der Waals surface area contributed by atoms with Gasteiger partial charge in [-0.1, -0.05) is 71.9 Å². The summed E-state index contributed by atoms with van der Waals surface area (Å²) in [5.41, 5.74) is 1.67. The van der Waals surface area contributed by atoms with E-state index in [9.17, 15) is 0 Å². The van der Waals surface area contributed by atoms with Crippen LogP contribution in [0, 0.1) is 0 Å². The summed E-state index contributed by atoms with van der Waals surface area (Å²) in [6, 6.07) is 6.55. The van der Waals surface area contributed by atoms with Gasteiger partial charge in [-0.2, -0.15) is 0 Å². The molecular formula is C14H20Br2. The summed E-state index contributed by atoms with van der Waals surface area (Å²) in [5.74, 6) is 0. The van der Waals surface area contributed by atoms with Gasteiger partial charge in [0.2, 0.25) is 0 Å². The Bertz CT molecular complexity index is 322. The third-order valence-corrected chi connectivity index (χ3v) is 3.97. The van der Waals surface area contributed by atoms with Crippen LogP contribution in [0.2, 0.25) is 0 Å². The van der Waals surface area contributed by atoms with Crippen molar-refractivity contribution >= 4 is 31.9 Å². The fraction of sp³-hybridized carbons (Fsp3) is 0.571. The Morgan fingerprint density at radius 1 is 1.00 bits per heavy atom. The van der Waals surface area contributed by atoms with Crippen molar-refractivity contribution in [2.45, 2.75) is 51.9 Å². The largest absolute Gasteiger partial charge is 0.0654 e. The maximum absolute atomic E-state index is 3.56. The van der Waals surface area contributed by atoms with Crippen molar-refractivity contribution in [3.05, 3.63) is 32.7 Å². The van der Waals surface area contributed by atoms with Gasteiger partial charge in [0.15, 0.2) is 0 Å². The first kappa shape index (κ1) is 14.2. The molecule has 0 unspecified atom stereocenters. The summed E-state index contributed by atoms with van der Waals surface area (Å²) in [6.07, 6.45) is 5.19. The van der Waals surface area contributed by atoms with Crippen molar-refractivity contribution in [1.82, 2.24) is 0 Å². The molecule has 2 heteroatoms. The lowest BCUT2D eigenvalue weighted by molar-refractivity contribution is 0.450. The van der Waals surface area contributed by atoms with E-state index < -0.39 is 0 Å². The Labute approximate surface area is 116 Å². The van der Waals surface area contributed by atoms with Crippen LogP contribution in [-0.2, 0) is 5.41 Å². The third-order valence-electron chi connectivity index (χ3n) is 3.05. The molecule has 0 aromatic heterocycles. The Morgan fingerprint density at radius 3 is 2.06 bits per heavy atom. The van der Waals surface area contributed by atoms with E-state index in [0.29, 0.717) is 0 Å². The highest BCUT2D eigenvalue weighted by molar-refractivity contribution is 9.11. The molecule has 0 amide bonds. The van der Waals surface area contributed by atoms with Crippen LogP contribution in [0.4, 0.5) is 0 Å². The average molecular weight is 348 g/mol. The Morgan fingerprint density at radius 2 is 1.56 bits per heavy atom. The molecule has 1 rings (SSSR count). The van der Waals surface area contributed by atoms with Crippen LogP contribution < -0.4 is 0 Å². The van der Waals surface area contributed by atoms with Crippen LogP contribution in [-0.4, -0.2) is 0 Å². The summed E-state index contributed by atoms with van der Waals surface area (Å²) in [4.78, 5) is 0. The highest BCUT2D eigenvalue weighted by Gasteiger charge is 2.20. The normalized spacial score (nSPS) is 11.8. The molecule has 0 aliphatic rings. The van der Waals surface area contributed by atoms with Crippen molar-refractivity contribution in [3.63, 3.8) is 0 Å². The number of halogens is 2. The summed E-state index contributed by atoms with van der Waals surface area (Å²) in [6.45, 7) is 6.91. The number of hydrogen-bond donors (Lipinski definition) is 0. The second kappa shape index (κ2) is 6.20. The zero-order chi connectivity index (χ0) is 12.2. The molecule has 90 valence electrons. The quantitative estimate of drug-likeness (QED) is 0.567. The minimum atomic E-state index is 0.265. The van der Waals surface area contributed by atoms with Crippen LogP contribution in [0.5, 0.6) is 0 Å². The third kappa shape index (κ3) is 4.21. The maximum Gasteiger partial charge on any atom is 0.0189 e. The zero-order valence-electron chi connectivity index (χ0n) is 10.3. The van der Waals surface area contributed by atoms with Crippen LogP contribution in [0.15, 0.2) is 27.1 Å². The topological polar surface area (TPSA) is 0 Å². The van der Waals surface area contributed by atoms with Gasteiger partial charge in [0.25, 0.3) is 0 Å². The van der Waals surface area contributed by atoms with E-state index in [-0.39, 0.29) is 5.41 Å². The molecule has 0 nitrogen and oxygen atoms in total. The van der Waals surface area contributed by atoms with Crippen molar-refractivity contribution in [1.29, 1.82) is 0 Å². The second-order valence-electron chi connectivity index (χ2n) is 5.00. The fourth-order valence-electron chi connectivity index (χ4n) is 1.91. The van der Waals surface area contributed by atoms with Gasteiger partial charge in [-0.05, 0) is 35.6 Å². The Balaban J connectivity index is 2.80. The zero-order valence-corrected chi connectivity index (χ0v) is 13.5. The highest BCUT2D eigenvalue weighted by Crippen LogP contribution is 2.33. The molecule has 0 spiro atoms. The number of hydrogen-bond acceptors (Lipinski definition) is 0. The van der Waals surface area contributed by atoms with Crippen LogP contribution in [0.3, 0.4) is 0 Å². The molecule has 0 fully saturated rings. The molecule has 0 N–H and O–H groups in total. The minimum Gasteiger partial charge on any atom is -0.0654 e. The van der Waals surface area contributed by atoms with E-state index in [1.807, 2.05) is 0 Å². The van der Waals surface area contributed by atoms with Gasteiger partial charge in [0.05, 0.1) is 0 Å². The standard InChI is InChI=1S/C14H20Br2/c1-4-5-6-7-14(2,3)11-8-12(15)10-13(16)9-11/h8-10H,4-7H2,1-3H3.